The lowest BCUT2D eigenvalue weighted by atomic mass is 9.78. The van der Waals surface area contributed by atoms with Crippen molar-refractivity contribution >= 4 is 51.8 Å². The van der Waals surface area contributed by atoms with E-state index in [-0.39, 0.29) is 73.9 Å². The molecule has 3 fully saturated rings. The molecule has 3 heterocycles. The molecule has 2 N–H and O–H groups in total. The van der Waals surface area contributed by atoms with Gasteiger partial charge in [0.15, 0.2) is 5.78 Å². The second-order valence-electron chi connectivity index (χ2n) is 21.1. The zero-order valence-corrected chi connectivity index (χ0v) is 47.1. The molecule has 2 saturated heterocycles. The van der Waals surface area contributed by atoms with Crippen LogP contribution in [-0.2, 0) is 57.1 Å². The molecule has 72 heavy (non-hydrogen) atoms. The van der Waals surface area contributed by atoms with Crippen LogP contribution in [0.25, 0.3) is 0 Å². The summed E-state index contributed by atoms with van der Waals surface area (Å²) < 4.78 is 42.9. The predicted octanol–water partition coefficient (Wildman–Crippen LogP) is 8.05. The smallest absolute Gasteiger partial charge is 0.329 e. The number of nitrogens with zero attached hydrogens (tertiary/aromatic N) is 1. The molecule has 1 aliphatic carbocycles. The van der Waals surface area contributed by atoms with Crippen LogP contribution in [0.15, 0.2) is 47.6 Å². The Bertz CT molecular complexity index is 1890. The molecule has 16 heteroatoms. The van der Waals surface area contributed by atoms with Crippen molar-refractivity contribution in [2.45, 2.75) is 186 Å². The zero-order chi connectivity index (χ0) is 53.1. The topological polar surface area (TPSA) is 194 Å². The normalized spacial score (nSPS) is 36.5. The number of alkyl halides is 1. The monoisotopic (exact) mass is 1130 g/mol. The number of rotatable bonds is 13. The van der Waals surface area contributed by atoms with Gasteiger partial charge in [-0.3, -0.25) is 19.2 Å². The number of allylic oxidation sites excluding steroid dienone is 6. The number of ether oxygens (including phenoxy) is 7. The van der Waals surface area contributed by atoms with Crippen LogP contribution in [0.2, 0.25) is 0 Å². The summed E-state index contributed by atoms with van der Waals surface area (Å²) >= 11 is 2.34. The number of piperidine rings is 1. The summed E-state index contributed by atoms with van der Waals surface area (Å²) in [5.74, 6) is -7.85. The van der Waals surface area contributed by atoms with E-state index < -0.39 is 77.8 Å². The highest BCUT2D eigenvalue weighted by Gasteiger charge is 2.53. The molecule has 4 aliphatic rings. The molecule has 408 valence electrons. The van der Waals surface area contributed by atoms with E-state index in [0.29, 0.717) is 57.3 Å². The number of Topliss-reactive ketones (excluding diaryl/α,β-unsaturated/α-hetero) is 3. The van der Waals surface area contributed by atoms with Gasteiger partial charge in [0.2, 0.25) is 5.79 Å². The maximum absolute atomic E-state index is 14.6. The van der Waals surface area contributed by atoms with Crippen molar-refractivity contribution in [2.75, 3.05) is 52.1 Å². The molecule has 1 amide bonds. The number of hydrogen-bond donors (Lipinski definition) is 2. The summed E-state index contributed by atoms with van der Waals surface area (Å²) in [6.07, 6.45) is 13.5. The lowest BCUT2D eigenvalue weighted by Gasteiger charge is -2.43. The number of carbonyl (C=O) groups is 5. The summed E-state index contributed by atoms with van der Waals surface area (Å²) in [5.41, 5.74) is 1.26. The third kappa shape index (κ3) is 17.7. The molecule has 1 saturated carbocycles. The Hall–Kier alpha value is -2.68. The highest BCUT2D eigenvalue weighted by atomic mass is 127. The number of hydrogen-bond acceptors (Lipinski definition) is 14. The number of esters is 1. The van der Waals surface area contributed by atoms with Crippen molar-refractivity contribution in [1.82, 2.24) is 4.90 Å². The van der Waals surface area contributed by atoms with Crippen LogP contribution >= 0.6 is 22.6 Å². The number of methoxy groups -OCH3 is 3. The third-order valence-corrected chi connectivity index (χ3v) is 16.1. The number of aliphatic hydroxyl groups is 2. The van der Waals surface area contributed by atoms with Crippen molar-refractivity contribution in [2.24, 2.45) is 35.5 Å². The lowest BCUT2D eigenvalue weighted by Crippen LogP contribution is -2.61. The Morgan fingerprint density at radius 1 is 0.847 bits per heavy atom. The Kier molecular flexibility index (Phi) is 26.4. The Morgan fingerprint density at radius 3 is 2.29 bits per heavy atom. The van der Waals surface area contributed by atoms with Crippen molar-refractivity contribution in [3.8, 4) is 0 Å². The highest BCUT2D eigenvalue weighted by molar-refractivity contribution is 14.1. The SMILES string of the molecule is COCCO[C@H]1C[C@@H]2CC[C@@H](C)[C@@](O)(O2)C(=O)C(=O)N2CCCCC2C(=O)O[C@H](C(C)C[C@@H]2CC[C@@H](OCCCI)[C@H](OC)C2)CC(=O)[C@H](C)/C=C(\C)[C@@H](O)[C@@H](OC)C(=O)[C@H](C)C[C@H](C)/C=C/C=CC=C1C. The van der Waals surface area contributed by atoms with Gasteiger partial charge in [-0.05, 0) is 113 Å². The number of halogens is 1. The van der Waals surface area contributed by atoms with Gasteiger partial charge >= 0.3 is 5.97 Å². The minimum atomic E-state index is -2.45. The summed E-state index contributed by atoms with van der Waals surface area (Å²) in [7, 11) is 4.67. The number of aliphatic hydroxyl groups excluding tert-OH is 1. The molecule has 15 nitrogen and oxygen atoms in total. The van der Waals surface area contributed by atoms with E-state index in [4.69, 9.17) is 33.2 Å². The van der Waals surface area contributed by atoms with Gasteiger partial charge < -0.3 is 48.3 Å². The van der Waals surface area contributed by atoms with E-state index in [1.807, 2.05) is 58.1 Å². The van der Waals surface area contributed by atoms with Gasteiger partial charge in [0.25, 0.3) is 11.7 Å². The third-order valence-electron chi connectivity index (χ3n) is 15.4. The second kappa shape index (κ2) is 30.8. The van der Waals surface area contributed by atoms with E-state index >= 15 is 0 Å². The predicted molar refractivity (Wildman–Crippen MR) is 283 cm³/mol. The number of ketones is 3. The van der Waals surface area contributed by atoms with E-state index in [2.05, 4.69) is 22.6 Å². The number of amides is 1. The molecule has 0 spiro atoms. The van der Waals surface area contributed by atoms with Crippen molar-refractivity contribution in [1.29, 1.82) is 0 Å². The first-order valence-electron chi connectivity index (χ1n) is 26.5. The average Bonchev–Trinajstić information content (AvgIpc) is 3.36. The first-order chi connectivity index (χ1) is 34.3. The quantitative estimate of drug-likeness (QED) is 0.0449. The van der Waals surface area contributed by atoms with Crippen molar-refractivity contribution in [3.05, 3.63) is 47.6 Å². The summed E-state index contributed by atoms with van der Waals surface area (Å²) in [6, 6.07) is -1.14. The highest BCUT2D eigenvalue weighted by Crippen LogP contribution is 2.38. The fraction of sp³-hybridized carbons (Fsp3) is 0.768. The lowest BCUT2D eigenvalue weighted by molar-refractivity contribution is -0.266. The van der Waals surface area contributed by atoms with Gasteiger partial charge in [-0.1, -0.05) is 93.7 Å². The largest absolute Gasteiger partial charge is 0.460 e. The molecule has 0 radical (unpaired) electrons. The van der Waals surface area contributed by atoms with E-state index in [1.165, 1.54) is 12.0 Å². The Balaban J connectivity index is 1.71. The number of carbonyl (C=O) groups excluding carboxylic acids is 5. The Morgan fingerprint density at radius 2 is 1.60 bits per heavy atom. The molecule has 2 bridgehead atoms. The van der Waals surface area contributed by atoms with Gasteiger partial charge in [-0.2, -0.15) is 0 Å². The maximum atomic E-state index is 14.6. The first kappa shape index (κ1) is 61.9. The van der Waals surface area contributed by atoms with Gasteiger partial charge in [0, 0.05) is 69.5 Å². The van der Waals surface area contributed by atoms with Crippen molar-refractivity contribution < 1.29 is 67.3 Å². The molecule has 2 unspecified atom stereocenters. The maximum Gasteiger partial charge on any atom is 0.329 e. The Labute approximate surface area is 443 Å². The molecule has 0 aromatic heterocycles. The van der Waals surface area contributed by atoms with Crippen LogP contribution in [0.5, 0.6) is 0 Å². The summed E-state index contributed by atoms with van der Waals surface area (Å²) in [4.78, 5) is 72.7. The van der Waals surface area contributed by atoms with Crippen LogP contribution in [0, 0.1) is 35.5 Å². The molecular formula is C56H88INO14. The fourth-order valence-corrected chi connectivity index (χ4v) is 11.1. The molecule has 3 aliphatic heterocycles. The first-order valence-corrected chi connectivity index (χ1v) is 28.1. The van der Waals surface area contributed by atoms with Crippen LogP contribution in [-0.4, -0.2) is 151 Å². The minimum absolute atomic E-state index is 0.00824. The second-order valence-corrected chi connectivity index (χ2v) is 22.2. The minimum Gasteiger partial charge on any atom is -0.460 e. The van der Waals surface area contributed by atoms with E-state index in [9.17, 15) is 34.2 Å². The van der Waals surface area contributed by atoms with E-state index in [1.54, 1.807) is 41.1 Å². The van der Waals surface area contributed by atoms with Gasteiger partial charge in [-0.15, -0.1) is 0 Å². The van der Waals surface area contributed by atoms with Gasteiger partial charge in [0.05, 0.1) is 37.6 Å². The van der Waals surface area contributed by atoms with Crippen LogP contribution in [0.4, 0.5) is 0 Å². The molecular weight excluding hydrogens is 1040 g/mol. The molecule has 0 aromatic rings. The number of fused-ring (bicyclic) bond motifs is 3. The molecule has 15 atom stereocenters. The van der Waals surface area contributed by atoms with Crippen LogP contribution < -0.4 is 0 Å². The van der Waals surface area contributed by atoms with E-state index in [0.717, 1.165) is 35.7 Å². The standard InChI is InChI=1S/C56H88INO14/c1-35-17-12-11-13-18-36(2)47(70-28-27-66-8)33-43-22-20-41(7)56(65,72-43)53(62)54(63)58-25-15-14-19-44(58)55(64)71-48(38(4)31-42-21-23-46(49(32-42)67-9)69-26-16-24-57)34-45(59)37(3)30-40(6)51(61)52(68-10)50(60)39(5)29-35/h11-13,17-18,30,35,37-39,41-44,46-49,51-52,61,65H,14-16,19-29,31-34H2,1-10H3/b13-11?,17-12+,36-18?,40-30+/t35-,37-,38?,39-,41-,42+,43+,44?,46-,47+,48+,49-,51-,52+,56-/m1/s1. The zero-order valence-electron chi connectivity index (χ0n) is 44.9. The van der Waals surface area contributed by atoms with Crippen LogP contribution in [0.3, 0.4) is 0 Å². The molecule has 4 rings (SSSR count). The number of cyclic esters (lactones) is 1. The average molecular weight is 1130 g/mol. The van der Waals surface area contributed by atoms with Crippen LogP contribution in [0.1, 0.15) is 132 Å². The molecule has 0 aromatic carbocycles. The van der Waals surface area contributed by atoms with Gasteiger partial charge in [-0.25, -0.2) is 4.79 Å². The summed E-state index contributed by atoms with van der Waals surface area (Å²) in [6.45, 7) is 14.2. The summed E-state index contributed by atoms with van der Waals surface area (Å²) in [5, 5.41) is 23.6. The van der Waals surface area contributed by atoms with Crippen molar-refractivity contribution in [3.63, 3.8) is 0 Å². The fourth-order valence-electron chi connectivity index (χ4n) is 10.8. The van der Waals surface area contributed by atoms with Gasteiger partial charge in [0.1, 0.15) is 30.1 Å².